The number of rotatable bonds is 6. The van der Waals surface area contributed by atoms with Crippen molar-refractivity contribution >= 4 is 23.5 Å². The summed E-state index contributed by atoms with van der Waals surface area (Å²) >= 11 is 5.81. The van der Waals surface area contributed by atoms with E-state index in [1.807, 2.05) is 0 Å². The van der Waals surface area contributed by atoms with Crippen molar-refractivity contribution in [1.82, 2.24) is 14.0 Å². The van der Waals surface area contributed by atoms with E-state index in [2.05, 4.69) is 0 Å². The maximum atomic E-state index is 12.5. The number of aromatic nitrogens is 2. The van der Waals surface area contributed by atoms with Crippen molar-refractivity contribution in [3.05, 3.63) is 68.0 Å². The first kappa shape index (κ1) is 18.5. The molecular weight excluding hydrogens is 350 g/mol. The molecule has 1 aromatic heterocycles. The van der Waals surface area contributed by atoms with E-state index in [1.165, 1.54) is 13.2 Å². The topological polar surface area (TPSA) is 102 Å². The summed E-state index contributed by atoms with van der Waals surface area (Å²) in [7, 11) is 1.30. The zero-order valence-electron chi connectivity index (χ0n) is 13.4. The second-order valence-electron chi connectivity index (χ2n) is 5.39. The summed E-state index contributed by atoms with van der Waals surface area (Å²) in [6.07, 6.45) is 1.21. The second kappa shape index (κ2) is 7.80. The van der Waals surface area contributed by atoms with Gasteiger partial charge in [-0.3, -0.25) is 23.5 Å². The highest BCUT2D eigenvalue weighted by atomic mass is 35.5. The Hall–Kier alpha value is -2.87. The number of amides is 1. The predicted octanol–water partition coefficient (Wildman–Crippen LogP) is 0.314. The van der Waals surface area contributed by atoms with Gasteiger partial charge >= 0.3 is 11.7 Å². The molecule has 9 heteroatoms. The van der Waals surface area contributed by atoms with Gasteiger partial charge in [-0.2, -0.15) is 0 Å². The Morgan fingerprint density at radius 1 is 1.16 bits per heavy atom. The SMILES string of the molecule is Cn1c(=O)ccn(CC(=O)N(CC(=O)O)Cc2ccc(Cl)cc2)c1=O. The van der Waals surface area contributed by atoms with Crippen LogP contribution in [0.5, 0.6) is 0 Å². The number of carbonyl (C=O) groups is 2. The van der Waals surface area contributed by atoms with Gasteiger partial charge in [0.1, 0.15) is 13.1 Å². The molecule has 0 aliphatic heterocycles. The van der Waals surface area contributed by atoms with Crippen LogP contribution in [0.2, 0.25) is 5.02 Å². The van der Waals surface area contributed by atoms with Gasteiger partial charge in [0.05, 0.1) is 0 Å². The number of aliphatic carboxylic acids is 1. The number of nitrogens with zero attached hydrogens (tertiary/aromatic N) is 3. The van der Waals surface area contributed by atoms with Crippen LogP contribution in [0, 0.1) is 0 Å². The van der Waals surface area contributed by atoms with Crippen molar-refractivity contribution in [2.45, 2.75) is 13.1 Å². The number of carboxylic acids is 1. The van der Waals surface area contributed by atoms with Crippen LogP contribution in [0.1, 0.15) is 5.56 Å². The fourth-order valence-corrected chi connectivity index (χ4v) is 2.31. The van der Waals surface area contributed by atoms with Crippen LogP contribution in [0.15, 0.2) is 46.1 Å². The lowest BCUT2D eigenvalue weighted by Gasteiger charge is -2.21. The van der Waals surface area contributed by atoms with Crippen LogP contribution in [0.25, 0.3) is 0 Å². The molecule has 0 radical (unpaired) electrons. The van der Waals surface area contributed by atoms with Gasteiger partial charge in [-0.05, 0) is 17.7 Å². The predicted molar refractivity (Wildman–Crippen MR) is 90.4 cm³/mol. The van der Waals surface area contributed by atoms with Gasteiger partial charge < -0.3 is 10.0 Å². The molecule has 0 saturated carbocycles. The quantitative estimate of drug-likeness (QED) is 0.794. The van der Waals surface area contributed by atoms with Crippen molar-refractivity contribution in [1.29, 1.82) is 0 Å². The van der Waals surface area contributed by atoms with Crippen LogP contribution in [-0.2, 0) is 29.7 Å². The number of benzene rings is 1. The third-order valence-electron chi connectivity index (χ3n) is 3.53. The van der Waals surface area contributed by atoms with Crippen LogP contribution < -0.4 is 11.2 Å². The van der Waals surface area contributed by atoms with Gasteiger partial charge in [0.2, 0.25) is 5.91 Å². The Balaban J connectivity index is 2.22. The summed E-state index contributed by atoms with van der Waals surface area (Å²) in [4.78, 5) is 48.0. The molecule has 1 amide bonds. The zero-order chi connectivity index (χ0) is 18.6. The largest absolute Gasteiger partial charge is 0.480 e. The molecule has 0 spiro atoms. The summed E-state index contributed by atoms with van der Waals surface area (Å²) in [5, 5.41) is 9.55. The van der Waals surface area contributed by atoms with E-state index in [-0.39, 0.29) is 13.1 Å². The zero-order valence-corrected chi connectivity index (χ0v) is 14.1. The lowest BCUT2D eigenvalue weighted by atomic mass is 10.2. The minimum absolute atomic E-state index is 0.0584. The van der Waals surface area contributed by atoms with Crippen molar-refractivity contribution in [3.63, 3.8) is 0 Å². The third-order valence-corrected chi connectivity index (χ3v) is 3.78. The minimum atomic E-state index is -1.17. The van der Waals surface area contributed by atoms with Crippen LogP contribution in [-0.4, -0.2) is 37.6 Å². The highest BCUT2D eigenvalue weighted by Crippen LogP contribution is 2.12. The summed E-state index contributed by atoms with van der Waals surface area (Å²) in [6, 6.07) is 7.80. The number of halogens is 1. The van der Waals surface area contributed by atoms with Crippen molar-refractivity contribution in [2.75, 3.05) is 6.54 Å². The Bertz CT molecular complexity index is 901. The average molecular weight is 366 g/mol. The molecule has 0 atom stereocenters. The van der Waals surface area contributed by atoms with E-state index in [9.17, 15) is 19.2 Å². The molecular formula is C16H16ClN3O5. The molecule has 0 aliphatic rings. The van der Waals surface area contributed by atoms with Gasteiger partial charge in [-0.1, -0.05) is 23.7 Å². The van der Waals surface area contributed by atoms with Crippen molar-refractivity contribution < 1.29 is 14.7 Å². The van der Waals surface area contributed by atoms with Crippen LogP contribution in [0.4, 0.5) is 0 Å². The first-order valence-corrected chi connectivity index (χ1v) is 7.66. The minimum Gasteiger partial charge on any atom is -0.480 e. The maximum Gasteiger partial charge on any atom is 0.331 e. The van der Waals surface area contributed by atoms with Gasteiger partial charge in [-0.25, -0.2) is 4.79 Å². The molecule has 25 heavy (non-hydrogen) atoms. The van der Waals surface area contributed by atoms with Gasteiger partial charge in [0.25, 0.3) is 5.56 Å². The average Bonchev–Trinajstić information content (AvgIpc) is 2.56. The summed E-state index contributed by atoms with van der Waals surface area (Å²) in [5.74, 6) is -1.73. The smallest absolute Gasteiger partial charge is 0.331 e. The van der Waals surface area contributed by atoms with Gasteiger partial charge in [-0.15, -0.1) is 0 Å². The molecule has 0 aliphatic carbocycles. The maximum absolute atomic E-state index is 12.5. The van der Waals surface area contributed by atoms with E-state index in [0.717, 1.165) is 20.1 Å². The number of hydrogen-bond acceptors (Lipinski definition) is 4. The highest BCUT2D eigenvalue weighted by molar-refractivity contribution is 6.30. The van der Waals surface area contributed by atoms with E-state index in [4.69, 9.17) is 16.7 Å². The van der Waals surface area contributed by atoms with Gasteiger partial charge in [0, 0.05) is 30.9 Å². The molecule has 2 rings (SSSR count). The lowest BCUT2D eigenvalue weighted by molar-refractivity contribution is -0.145. The monoisotopic (exact) mass is 365 g/mol. The number of carbonyl (C=O) groups excluding carboxylic acids is 1. The third kappa shape index (κ3) is 4.80. The number of hydrogen-bond donors (Lipinski definition) is 1. The lowest BCUT2D eigenvalue weighted by Crippen LogP contribution is -2.42. The second-order valence-corrected chi connectivity index (χ2v) is 5.83. The molecule has 1 N–H and O–H groups in total. The fourth-order valence-electron chi connectivity index (χ4n) is 2.19. The van der Waals surface area contributed by atoms with E-state index in [0.29, 0.717) is 10.6 Å². The molecule has 1 aromatic carbocycles. The fraction of sp³-hybridized carbons (Fsp3) is 0.250. The van der Waals surface area contributed by atoms with E-state index in [1.54, 1.807) is 24.3 Å². The number of carboxylic acid groups (broad SMARTS) is 1. The molecule has 2 aromatic rings. The van der Waals surface area contributed by atoms with Crippen LogP contribution in [0.3, 0.4) is 0 Å². The molecule has 0 bridgehead atoms. The highest BCUT2D eigenvalue weighted by Gasteiger charge is 2.18. The molecule has 0 fully saturated rings. The Morgan fingerprint density at radius 3 is 2.40 bits per heavy atom. The molecule has 0 unspecified atom stereocenters. The molecule has 8 nitrogen and oxygen atoms in total. The Kier molecular flexibility index (Phi) is 5.76. The first-order chi connectivity index (χ1) is 11.8. The summed E-state index contributed by atoms with van der Waals surface area (Å²) in [6.45, 7) is -0.821. The van der Waals surface area contributed by atoms with E-state index < -0.39 is 29.7 Å². The van der Waals surface area contributed by atoms with E-state index >= 15 is 0 Å². The molecule has 1 heterocycles. The summed E-state index contributed by atoms with van der Waals surface area (Å²) < 4.78 is 1.93. The van der Waals surface area contributed by atoms with Crippen molar-refractivity contribution in [2.24, 2.45) is 7.05 Å². The van der Waals surface area contributed by atoms with Gasteiger partial charge in [0.15, 0.2) is 0 Å². The standard InChI is InChI=1S/C16H16ClN3O5/c1-18-13(21)6-7-19(16(18)25)9-14(22)20(10-15(23)24)8-11-2-4-12(17)5-3-11/h2-7H,8-10H2,1H3,(H,23,24). The molecule has 0 saturated heterocycles. The van der Waals surface area contributed by atoms with Crippen LogP contribution >= 0.6 is 11.6 Å². The first-order valence-electron chi connectivity index (χ1n) is 7.28. The van der Waals surface area contributed by atoms with Crippen molar-refractivity contribution in [3.8, 4) is 0 Å². The molecule has 132 valence electrons. The Labute approximate surface area is 147 Å². The summed E-state index contributed by atoms with van der Waals surface area (Å²) in [5.41, 5.74) is -0.438. The normalized spacial score (nSPS) is 10.5. The Morgan fingerprint density at radius 2 is 1.80 bits per heavy atom.